The molecule has 1 aliphatic heterocycles. The Morgan fingerprint density at radius 3 is 2.68 bits per heavy atom. The Kier molecular flexibility index (Phi) is 3.98. The van der Waals surface area contributed by atoms with Crippen molar-refractivity contribution in [2.45, 2.75) is 13.0 Å². The SMILES string of the molecule is CC1=NC(=S)N(N)C(=O)C1N=Nc1ccc(Cl)cc1. The van der Waals surface area contributed by atoms with E-state index in [-0.39, 0.29) is 5.11 Å². The molecule has 19 heavy (non-hydrogen) atoms. The Morgan fingerprint density at radius 2 is 2.05 bits per heavy atom. The zero-order valence-corrected chi connectivity index (χ0v) is 11.5. The smallest absolute Gasteiger partial charge is 0.270 e. The van der Waals surface area contributed by atoms with Crippen LogP contribution in [0.2, 0.25) is 5.02 Å². The molecule has 0 aliphatic carbocycles. The van der Waals surface area contributed by atoms with Crippen LogP contribution in [-0.2, 0) is 4.79 Å². The summed E-state index contributed by atoms with van der Waals surface area (Å²) in [6.45, 7) is 1.66. The van der Waals surface area contributed by atoms with E-state index in [0.29, 0.717) is 16.4 Å². The number of nitrogens with two attached hydrogens (primary N) is 1. The Morgan fingerprint density at radius 1 is 1.42 bits per heavy atom. The lowest BCUT2D eigenvalue weighted by Gasteiger charge is -2.23. The minimum Gasteiger partial charge on any atom is -0.270 e. The van der Waals surface area contributed by atoms with Crippen LogP contribution in [0.4, 0.5) is 5.69 Å². The molecule has 1 aromatic rings. The molecule has 8 heteroatoms. The number of carbonyl (C=O) groups excluding carboxylic acids is 1. The van der Waals surface area contributed by atoms with E-state index in [0.717, 1.165) is 5.01 Å². The van der Waals surface area contributed by atoms with Crippen LogP contribution >= 0.6 is 23.8 Å². The highest BCUT2D eigenvalue weighted by atomic mass is 35.5. The molecule has 1 aromatic carbocycles. The van der Waals surface area contributed by atoms with Crippen LogP contribution in [0.25, 0.3) is 0 Å². The Balaban J connectivity index is 2.22. The van der Waals surface area contributed by atoms with Crippen molar-refractivity contribution in [1.29, 1.82) is 0 Å². The van der Waals surface area contributed by atoms with Gasteiger partial charge in [-0.1, -0.05) is 11.6 Å². The zero-order valence-electron chi connectivity index (χ0n) is 9.95. The van der Waals surface area contributed by atoms with Crippen LogP contribution in [0, 0.1) is 0 Å². The number of carbonyl (C=O) groups is 1. The molecule has 0 saturated heterocycles. The number of halogens is 1. The summed E-state index contributed by atoms with van der Waals surface area (Å²) in [6, 6.07) is 5.91. The number of aliphatic imine (C=N–C) groups is 1. The fourth-order valence-corrected chi connectivity index (χ4v) is 1.80. The number of hydrogen-bond acceptors (Lipinski definition) is 5. The van der Waals surface area contributed by atoms with Gasteiger partial charge < -0.3 is 0 Å². The minimum absolute atomic E-state index is 0.0282. The average molecular weight is 296 g/mol. The third-order valence-corrected chi connectivity index (χ3v) is 3.00. The Labute approximate surface area is 119 Å². The number of nitrogens with zero attached hydrogens (tertiary/aromatic N) is 4. The molecule has 0 bridgehead atoms. The first-order chi connectivity index (χ1) is 8.99. The van der Waals surface area contributed by atoms with Crippen molar-refractivity contribution in [3.63, 3.8) is 0 Å². The predicted octanol–water partition coefficient (Wildman–Crippen LogP) is 2.25. The molecule has 1 aliphatic rings. The number of hydrogen-bond donors (Lipinski definition) is 1. The van der Waals surface area contributed by atoms with Crippen LogP contribution < -0.4 is 5.84 Å². The first kappa shape index (κ1) is 13.7. The van der Waals surface area contributed by atoms with Crippen LogP contribution in [-0.4, -0.2) is 27.8 Å². The van der Waals surface area contributed by atoms with E-state index in [1.165, 1.54) is 0 Å². The molecule has 6 nitrogen and oxygen atoms in total. The second kappa shape index (κ2) is 5.52. The van der Waals surface area contributed by atoms with E-state index in [1.54, 1.807) is 31.2 Å². The second-order valence-electron chi connectivity index (χ2n) is 3.84. The molecule has 0 radical (unpaired) electrons. The largest absolute Gasteiger partial charge is 0.275 e. The highest BCUT2D eigenvalue weighted by molar-refractivity contribution is 7.80. The summed E-state index contributed by atoms with van der Waals surface area (Å²) in [5, 5.41) is 9.35. The van der Waals surface area contributed by atoms with E-state index in [4.69, 9.17) is 29.7 Å². The number of benzene rings is 1. The van der Waals surface area contributed by atoms with Gasteiger partial charge in [0, 0.05) is 5.02 Å². The fourth-order valence-electron chi connectivity index (χ4n) is 1.44. The summed E-state index contributed by atoms with van der Waals surface area (Å²) >= 11 is 10.6. The normalized spacial score (nSPS) is 20.1. The lowest BCUT2D eigenvalue weighted by Crippen LogP contribution is -2.51. The van der Waals surface area contributed by atoms with Crippen LogP contribution in [0.1, 0.15) is 6.92 Å². The summed E-state index contributed by atoms with van der Waals surface area (Å²) in [6.07, 6.45) is 0. The highest BCUT2D eigenvalue weighted by Crippen LogP contribution is 2.18. The van der Waals surface area contributed by atoms with Crippen LogP contribution in [0.5, 0.6) is 0 Å². The van der Waals surface area contributed by atoms with Crippen molar-refractivity contribution in [1.82, 2.24) is 5.01 Å². The van der Waals surface area contributed by atoms with Gasteiger partial charge in [0.1, 0.15) is 0 Å². The van der Waals surface area contributed by atoms with Crippen molar-refractivity contribution in [2.75, 3.05) is 0 Å². The minimum atomic E-state index is -0.840. The van der Waals surface area contributed by atoms with E-state index < -0.39 is 11.9 Å². The summed E-state index contributed by atoms with van der Waals surface area (Å²) in [7, 11) is 0. The summed E-state index contributed by atoms with van der Waals surface area (Å²) in [5.74, 6) is 5.03. The third kappa shape index (κ3) is 3.01. The second-order valence-corrected chi connectivity index (χ2v) is 4.64. The molecule has 1 unspecified atom stereocenters. The van der Waals surface area contributed by atoms with Gasteiger partial charge in [0.25, 0.3) is 5.91 Å². The van der Waals surface area contributed by atoms with Crippen LogP contribution in [0.15, 0.2) is 39.5 Å². The number of azo groups is 1. The number of hydrazine groups is 1. The number of amides is 1. The molecular formula is C11H10ClN5OS. The van der Waals surface area contributed by atoms with Gasteiger partial charge in [-0.15, -0.1) is 0 Å². The maximum Gasteiger partial charge on any atom is 0.275 e. The van der Waals surface area contributed by atoms with Crippen molar-refractivity contribution in [2.24, 2.45) is 21.1 Å². The third-order valence-electron chi connectivity index (χ3n) is 2.46. The van der Waals surface area contributed by atoms with Gasteiger partial charge in [-0.25, -0.2) is 15.8 Å². The number of rotatable bonds is 2. The first-order valence-electron chi connectivity index (χ1n) is 5.33. The van der Waals surface area contributed by atoms with Crippen molar-refractivity contribution in [3.8, 4) is 0 Å². The van der Waals surface area contributed by atoms with Gasteiger partial charge in [-0.05, 0) is 43.4 Å². The first-order valence-corrected chi connectivity index (χ1v) is 6.12. The molecule has 0 saturated carbocycles. The van der Waals surface area contributed by atoms with Gasteiger partial charge in [0.05, 0.1) is 11.4 Å². The van der Waals surface area contributed by atoms with E-state index >= 15 is 0 Å². The molecule has 98 valence electrons. The molecule has 0 spiro atoms. The van der Waals surface area contributed by atoms with Crippen molar-refractivity contribution >= 4 is 46.2 Å². The predicted molar refractivity (Wildman–Crippen MR) is 76.5 cm³/mol. The average Bonchev–Trinajstić information content (AvgIpc) is 2.38. The van der Waals surface area contributed by atoms with Gasteiger partial charge in [-0.2, -0.15) is 10.2 Å². The van der Waals surface area contributed by atoms with E-state index in [1.807, 2.05) is 0 Å². The maximum absolute atomic E-state index is 11.9. The summed E-state index contributed by atoms with van der Waals surface area (Å²) < 4.78 is 0. The van der Waals surface area contributed by atoms with E-state index in [9.17, 15) is 4.79 Å². The van der Waals surface area contributed by atoms with Crippen LogP contribution in [0.3, 0.4) is 0 Å². The monoisotopic (exact) mass is 295 g/mol. The molecule has 1 amide bonds. The fraction of sp³-hybridized carbons (Fsp3) is 0.182. The molecule has 2 N–H and O–H groups in total. The molecule has 1 heterocycles. The van der Waals surface area contributed by atoms with Gasteiger partial charge in [0.15, 0.2) is 6.04 Å². The highest BCUT2D eigenvalue weighted by Gasteiger charge is 2.32. The number of thiocarbonyl (C=S) groups is 1. The van der Waals surface area contributed by atoms with Gasteiger partial charge in [0.2, 0.25) is 5.11 Å². The summed E-state index contributed by atoms with van der Waals surface area (Å²) in [5.41, 5.74) is 1.05. The standard InChI is InChI=1S/C11H10ClN5OS/c1-6-9(10(18)17(13)11(19)14-6)16-15-8-4-2-7(12)3-5-8/h2-5,9H,13H2,1H3. The molecule has 0 aromatic heterocycles. The maximum atomic E-state index is 11.9. The Hall–Kier alpha value is -1.70. The molecule has 1 atom stereocenters. The van der Waals surface area contributed by atoms with Gasteiger partial charge in [-0.3, -0.25) is 4.79 Å². The van der Waals surface area contributed by atoms with Crippen molar-refractivity contribution < 1.29 is 4.79 Å². The zero-order chi connectivity index (χ0) is 14.0. The van der Waals surface area contributed by atoms with Crippen molar-refractivity contribution in [3.05, 3.63) is 29.3 Å². The lowest BCUT2D eigenvalue weighted by molar-refractivity contribution is -0.127. The molecule has 0 fully saturated rings. The topological polar surface area (TPSA) is 83.4 Å². The quantitative estimate of drug-likeness (QED) is 0.393. The van der Waals surface area contributed by atoms with E-state index in [2.05, 4.69) is 15.2 Å². The molecular weight excluding hydrogens is 286 g/mol. The molecule has 2 rings (SSSR count). The Bertz CT molecular complexity index is 583. The van der Waals surface area contributed by atoms with Gasteiger partial charge >= 0.3 is 0 Å². The lowest BCUT2D eigenvalue weighted by atomic mass is 10.1. The summed E-state index contributed by atoms with van der Waals surface area (Å²) in [4.78, 5) is 15.9.